The van der Waals surface area contributed by atoms with Gasteiger partial charge in [-0.05, 0) is 65.6 Å². The lowest BCUT2D eigenvalue weighted by Gasteiger charge is -2.26. The first-order valence-corrected chi connectivity index (χ1v) is 16.7. The molecule has 3 aromatic rings. The topological polar surface area (TPSA) is 81.2 Å². The largest absolute Gasteiger partial charge is 0.341 e. The fraction of sp³-hybridized carbons (Fsp3) is 0.314. The third kappa shape index (κ3) is 7.26. The van der Waals surface area contributed by atoms with Gasteiger partial charge in [-0.25, -0.2) is 0 Å². The van der Waals surface area contributed by atoms with E-state index in [4.69, 9.17) is 11.6 Å². The number of carbonyl (C=O) groups excluding carboxylic acids is 4. The molecule has 3 aromatic carbocycles. The van der Waals surface area contributed by atoms with E-state index >= 15 is 0 Å². The van der Waals surface area contributed by atoms with Gasteiger partial charge in [0.25, 0.3) is 11.8 Å². The summed E-state index contributed by atoms with van der Waals surface area (Å²) >= 11 is 7.93. The zero-order chi connectivity index (χ0) is 31.3. The second-order valence-corrected chi connectivity index (χ2v) is 13.1. The highest BCUT2D eigenvalue weighted by molar-refractivity contribution is 7.99. The monoisotopic (exact) mass is 642 g/mol. The van der Waals surface area contributed by atoms with Crippen LogP contribution in [-0.2, 0) is 29.1 Å². The van der Waals surface area contributed by atoms with Gasteiger partial charge in [0.2, 0.25) is 11.8 Å². The molecule has 10 heteroatoms. The van der Waals surface area contributed by atoms with Gasteiger partial charge in [0.1, 0.15) is 6.54 Å². The third-order valence-corrected chi connectivity index (χ3v) is 9.63. The lowest BCUT2D eigenvalue weighted by Crippen LogP contribution is -2.39. The quantitative estimate of drug-likeness (QED) is 0.337. The van der Waals surface area contributed by atoms with Crippen LogP contribution in [0, 0.1) is 0 Å². The number of anilines is 1. The van der Waals surface area contributed by atoms with Crippen LogP contribution in [0.25, 0.3) is 0 Å². The fourth-order valence-electron chi connectivity index (χ4n) is 5.90. The van der Waals surface area contributed by atoms with E-state index in [0.717, 1.165) is 47.0 Å². The Labute approximate surface area is 272 Å². The number of carbonyl (C=O) groups is 4. The summed E-state index contributed by atoms with van der Waals surface area (Å²) in [6, 6.07) is 20.0. The maximum Gasteiger partial charge on any atom is 0.254 e. The number of rotatable bonds is 7. The molecule has 1 fully saturated rings. The Balaban J connectivity index is 1.24. The number of hydrogen-bond acceptors (Lipinski definition) is 5. The Morgan fingerprint density at radius 2 is 1.36 bits per heavy atom. The van der Waals surface area contributed by atoms with E-state index in [9.17, 15) is 19.2 Å². The minimum Gasteiger partial charge on any atom is -0.341 e. The molecule has 0 aliphatic carbocycles. The second kappa shape index (κ2) is 13.9. The summed E-state index contributed by atoms with van der Waals surface area (Å²) in [6.07, 6.45) is 4.95. The zero-order valence-electron chi connectivity index (χ0n) is 25.0. The van der Waals surface area contributed by atoms with Crippen molar-refractivity contribution >= 4 is 52.7 Å². The molecule has 0 aromatic heterocycles. The van der Waals surface area contributed by atoms with Crippen molar-refractivity contribution in [2.24, 2.45) is 0 Å². The predicted molar refractivity (Wildman–Crippen MR) is 178 cm³/mol. The van der Waals surface area contributed by atoms with Gasteiger partial charge in [-0.1, -0.05) is 48.0 Å². The van der Waals surface area contributed by atoms with E-state index < -0.39 is 0 Å². The number of thioether (sulfide) groups is 1. The molecule has 0 bridgehead atoms. The Morgan fingerprint density at radius 1 is 0.733 bits per heavy atom. The molecular weight excluding hydrogens is 608 g/mol. The van der Waals surface area contributed by atoms with E-state index in [0.29, 0.717) is 48.6 Å². The molecule has 6 rings (SSSR count). The molecule has 45 heavy (non-hydrogen) atoms. The van der Waals surface area contributed by atoms with Crippen LogP contribution in [0.4, 0.5) is 5.69 Å². The third-order valence-electron chi connectivity index (χ3n) is 8.44. The van der Waals surface area contributed by atoms with E-state index in [1.807, 2.05) is 59.1 Å². The Kier molecular flexibility index (Phi) is 9.56. The van der Waals surface area contributed by atoms with E-state index in [2.05, 4.69) is 0 Å². The second-order valence-electron chi connectivity index (χ2n) is 11.5. The number of aryl methyl sites for hydroxylation is 1. The SMILES string of the molecule is O=C(CCc1ccc2c(c1)CN(C(=O)c1ccc(Cl)cc1)CC(=O)N2Cc1ccc(C(=O)N2CC=CC2)cc1)N1CCSCC1. The lowest BCUT2D eigenvalue weighted by atomic mass is 10.0. The molecule has 3 aliphatic rings. The highest BCUT2D eigenvalue weighted by atomic mass is 35.5. The first kappa shape index (κ1) is 30.9. The molecule has 3 heterocycles. The summed E-state index contributed by atoms with van der Waals surface area (Å²) in [4.78, 5) is 60.0. The number of amides is 4. The maximum atomic E-state index is 13.8. The van der Waals surface area contributed by atoms with Crippen molar-refractivity contribution in [3.05, 3.63) is 112 Å². The van der Waals surface area contributed by atoms with Gasteiger partial charge >= 0.3 is 0 Å². The highest BCUT2D eigenvalue weighted by Crippen LogP contribution is 2.30. The van der Waals surface area contributed by atoms with Crippen molar-refractivity contribution in [2.45, 2.75) is 25.9 Å². The highest BCUT2D eigenvalue weighted by Gasteiger charge is 2.30. The van der Waals surface area contributed by atoms with Gasteiger partial charge in [-0.3, -0.25) is 19.2 Å². The maximum absolute atomic E-state index is 13.8. The molecule has 0 N–H and O–H groups in total. The van der Waals surface area contributed by atoms with Gasteiger partial charge in [0.05, 0.1) is 6.54 Å². The van der Waals surface area contributed by atoms with Crippen LogP contribution < -0.4 is 4.90 Å². The Hall–Kier alpha value is -4.08. The van der Waals surface area contributed by atoms with Crippen molar-refractivity contribution in [3.63, 3.8) is 0 Å². The van der Waals surface area contributed by atoms with Gasteiger partial charge < -0.3 is 19.6 Å². The average molecular weight is 643 g/mol. The van der Waals surface area contributed by atoms with Crippen molar-refractivity contribution in [1.82, 2.24) is 14.7 Å². The summed E-state index contributed by atoms with van der Waals surface area (Å²) in [5.74, 6) is 1.62. The van der Waals surface area contributed by atoms with Crippen LogP contribution in [-0.4, -0.2) is 82.6 Å². The molecule has 1 saturated heterocycles. The van der Waals surface area contributed by atoms with E-state index in [1.54, 1.807) is 51.1 Å². The van der Waals surface area contributed by atoms with E-state index in [-0.39, 0.29) is 36.7 Å². The molecule has 3 aliphatic heterocycles. The molecular formula is C35H35ClN4O4S. The Morgan fingerprint density at radius 3 is 2.04 bits per heavy atom. The van der Waals surface area contributed by atoms with Gasteiger partial charge in [0.15, 0.2) is 0 Å². The molecule has 0 atom stereocenters. The number of benzene rings is 3. The summed E-state index contributed by atoms with van der Waals surface area (Å²) in [7, 11) is 0. The van der Waals surface area contributed by atoms with Gasteiger partial charge in [0, 0.05) is 72.5 Å². The number of hydrogen-bond donors (Lipinski definition) is 0. The van der Waals surface area contributed by atoms with Crippen LogP contribution in [0.5, 0.6) is 0 Å². The van der Waals surface area contributed by atoms with E-state index in [1.165, 1.54) is 0 Å². The summed E-state index contributed by atoms with van der Waals surface area (Å²) < 4.78 is 0. The van der Waals surface area contributed by atoms with Crippen LogP contribution >= 0.6 is 23.4 Å². The number of halogens is 1. The minimum atomic E-state index is -0.254. The van der Waals surface area contributed by atoms with Crippen LogP contribution in [0.2, 0.25) is 5.02 Å². The average Bonchev–Trinajstić information content (AvgIpc) is 3.57. The van der Waals surface area contributed by atoms with Crippen molar-refractivity contribution in [2.75, 3.05) is 49.1 Å². The molecule has 0 spiro atoms. The first-order chi connectivity index (χ1) is 21.9. The van der Waals surface area contributed by atoms with Crippen LogP contribution in [0.1, 0.15) is 43.8 Å². The first-order valence-electron chi connectivity index (χ1n) is 15.2. The number of fused-ring (bicyclic) bond motifs is 1. The van der Waals surface area contributed by atoms with Crippen LogP contribution in [0.15, 0.2) is 78.9 Å². The molecule has 232 valence electrons. The molecule has 4 amide bonds. The lowest BCUT2D eigenvalue weighted by molar-refractivity contribution is -0.130. The zero-order valence-corrected chi connectivity index (χ0v) is 26.6. The van der Waals surface area contributed by atoms with Gasteiger partial charge in [-0.15, -0.1) is 0 Å². The number of nitrogens with zero attached hydrogens (tertiary/aromatic N) is 4. The Bertz CT molecular complexity index is 1610. The molecule has 0 unspecified atom stereocenters. The molecule has 0 saturated carbocycles. The van der Waals surface area contributed by atoms with Crippen molar-refractivity contribution in [3.8, 4) is 0 Å². The normalized spacial score (nSPS) is 16.5. The summed E-state index contributed by atoms with van der Waals surface area (Å²) in [6.45, 7) is 3.25. The van der Waals surface area contributed by atoms with Gasteiger partial charge in [-0.2, -0.15) is 11.8 Å². The summed E-state index contributed by atoms with van der Waals surface area (Å²) in [5, 5.41) is 0.530. The molecule has 8 nitrogen and oxygen atoms in total. The summed E-state index contributed by atoms with van der Waals surface area (Å²) in [5.41, 5.74) is 4.50. The fourth-order valence-corrected chi connectivity index (χ4v) is 6.93. The minimum absolute atomic E-state index is 0.0238. The van der Waals surface area contributed by atoms with Crippen molar-refractivity contribution in [1.29, 1.82) is 0 Å². The van der Waals surface area contributed by atoms with Crippen molar-refractivity contribution < 1.29 is 19.2 Å². The van der Waals surface area contributed by atoms with Crippen LogP contribution in [0.3, 0.4) is 0 Å². The standard InChI is InChI=1S/C35H35ClN4O4S/c36-30-11-9-28(10-12-30)35(44)39-23-29-21-25(6-14-32(41)37-17-19-45-20-18-37)5-13-31(29)40(33(42)24-39)22-26-3-7-27(8-4-26)34(43)38-15-1-2-16-38/h1-5,7-13,21H,6,14-20,22-24H2. The predicted octanol–water partition coefficient (Wildman–Crippen LogP) is 5.05. The molecule has 0 radical (unpaired) electrons. The smallest absolute Gasteiger partial charge is 0.254 e.